The first kappa shape index (κ1) is 20.7. The van der Waals surface area contributed by atoms with Crippen LogP contribution in [0.1, 0.15) is 19.3 Å². The molecule has 0 radical (unpaired) electrons. The molecule has 8 heteroatoms. The van der Waals surface area contributed by atoms with Crippen LogP contribution in [0.15, 0.2) is 41.7 Å². The van der Waals surface area contributed by atoms with Crippen LogP contribution in [-0.4, -0.2) is 76.2 Å². The number of pyridine rings is 1. The summed E-state index contributed by atoms with van der Waals surface area (Å²) in [4.78, 5) is 37.4. The Balaban J connectivity index is 1.26. The molecule has 4 heterocycles. The molecular weight excluding hydrogens is 382 g/mol. The highest BCUT2D eigenvalue weighted by Crippen LogP contribution is 2.19. The maximum Gasteiger partial charge on any atom is 0.253 e. The first-order valence-corrected chi connectivity index (χ1v) is 10.7. The van der Waals surface area contributed by atoms with Crippen molar-refractivity contribution in [1.29, 1.82) is 0 Å². The molecule has 4 rings (SSSR count). The van der Waals surface area contributed by atoms with E-state index >= 15 is 0 Å². The van der Waals surface area contributed by atoms with Crippen LogP contribution in [-0.2, 0) is 16.1 Å². The lowest BCUT2D eigenvalue weighted by molar-refractivity contribution is -0.134. The monoisotopic (exact) mass is 411 g/mol. The highest BCUT2D eigenvalue weighted by molar-refractivity contribution is 5.77. The number of hydrogen-bond acceptors (Lipinski definition) is 6. The first-order valence-electron chi connectivity index (χ1n) is 10.7. The summed E-state index contributed by atoms with van der Waals surface area (Å²) in [6, 6.07) is 5.31. The van der Waals surface area contributed by atoms with E-state index in [-0.39, 0.29) is 18.1 Å². The lowest BCUT2D eigenvalue weighted by Crippen LogP contribution is -2.43. The van der Waals surface area contributed by atoms with Gasteiger partial charge in [-0.3, -0.25) is 19.1 Å². The summed E-state index contributed by atoms with van der Waals surface area (Å²) in [6.45, 7) is 6.06. The summed E-state index contributed by atoms with van der Waals surface area (Å²) in [5.74, 6) is 0.574. The Labute approximate surface area is 176 Å². The number of piperidine rings is 1. The predicted octanol–water partition coefficient (Wildman–Crippen LogP) is 1.27. The number of nitrogens with zero attached hydrogens (tertiary/aromatic N) is 5. The second-order valence-electron chi connectivity index (χ2n) is 8.07. The summed E-state index contributed by atoms with van der Waals surface area (Å²) >= 11 is 0. The molecule has 0 saturated carbocycles. The second kappa shape index (κ2) is 9.95. The molecule has 0 spiro atoms. The van der Waals surface area contributed by atoms with Crippen molar-refractivity contribution in [3.8, 4) is 11.3 Å². The number of ether oxygens (including phenoxy) is 1. The normalized spacial score (nSPS) is 19.1. The molecule has 0 aliphatic carbocycles. The van der Waals surface area contributed by atoms with Crippen molar-refractivity contribution in [2.75, 3.05) is 45.9 Å². The Morgan fingerprint density at radius 2 is 1.87 bits per heavy atom. The van der Waals surface area contributed by atoms with Gasteiger partial charge in [0.15, 0.2) is 0 Å². The molecule has 2 aliphatic heterocycles. The van der Waals surface area contributed by atoms with Gasteiger partial charge in [0.2, 0.25) is 5.91 Å². The lowest BCUT2D eigenvalue weighted by Gasteiger charge is -2.33. The molecule has 160 valence electrons. The topological polar surface area (TPSA) is 80.6 Å². The minimum atomic E-state index is -0.0128. The zero-order chi connectivity index (χ0) is 20.8. The first-order chi connectivity index (χ1) is 14.7. The predicted molar refractivity (Wildman–Crippen MR) is 113 cm³/mol. The maximum absolute atomic E-state index is 12.5. The van der Waals surface area contributed by atoms with Crippen LogP contribution in [0, 0.1) is 5.92 Å². The number of carbonyl (C=O) groups is 1. The smallest absolute Gasteiger partial charge is 0.253 e. The van der Waals surface area contributed by atoms with E-state index < -0.39 is 0 Å². The third-order valence-electron chi connectivity index (χ3n) is 6.00. The molecule has 1 amide bonds. The summed E-state index contributed by atoms with van der Waals surface area (Å²) in [5.41, 5.74) is 1.57. The van der Waals surface area contributed by atoms with Crippen molar-refractivity contribution < 1.29 is 9.53 Å². The molecule has 2 aromatic heterocycles. The molecule has 30 heavy (non-hydrogen) atoms. The maximum atomic E-state index is 12.5. The molecule has 2 aliphatic rings. The van der Waals surface area contributed by atoms with Crippen LogP contribution < -0.4 is 5.56 Å². The van der Waals surface area contributed by atoms with Crippen LogP contribution in [0.5, 0.6) is 0 Å². The molecule has 0 N–H and O–H groups in total. The van der Waals surface area contributed by atoms with Gasteiger partial charge in [-0.25, -0.2) is 4.98 Å². The van der Waals surface area contributed by atoms with Crippen LogP contribution in [0.2, 0.25) is 0 Å². The van der Waals surface area contributed by atoms with Crippen molar-refractivity contribution in [2.24, 2.45) is 5.92 Å². The second-order valence-corrected chi connectivity index (χ2v) is 8.07. The quantitative estimate of drug-likeness (QED) is 0.712. The van der Waals surface area contributed by atoms with Gasteiger partial charge < -0.3 is 14.5 Å². The minimum absolute atomic E-state index is 0.0128. The number of likely N-dealkylation sites (tertiary alicyclic amines) is 1. The fraction of sp³-hybridized carbons (Fsp3) is 0.545. The molecule has 8 nitrogen and oxygen atoms in total. The van der Waals surface area contributed by atoms with Crippen molar-refractivity contribution in [3.63, 3.8) is 0 Å². The van der Waals surface area contributed by atoms with Crippen molar-refractivity contribution >= 4 is 5.91 Å². The minimum Gasteiger partial charge on any atom is -0.372 e. The van der Waals surface area contributed by atoms with Crippen molar-refractivity contribution in [1.82, 2.24) is 24.3 Å². The van der Waals surface area contributed by atoms with Gasteiger partial charge in [0.05, 0.1) is 12.0 Å². The van der Waals surface area contributed by atoms with Gasteiger partial charge in [-0.15, -0.1) is 0 Å². The molecule has 0 aromatic carbocycles. The van der Waals surface area contributed by atoms with Gasteiger partial charge in [0.1, 0.15) is 6.61 Å². The van der Waals surface area contributed by atoms with Crippen LogP contribution >= 0.6 is 0 Å². The lowest BCUT2D eigenvalue weighted by atomic mass is 9.96. The van der Waals surface area contributed by atoms with Crippen molar-refractivity contribution in [3.05, 3.63) is 47.3 Å². The molecule has 0 atom stereocenters. The highest BCUT2D eigenvalue weighted by Gasteiger charge is 2.22. The van der Waals surface area contributed by atoms with E-state index in [1.807, 2.05) is 17.0 Å². The fourth-order valence-electron chi connectivity index (χ4n) is 4.15. The standard InChI is InChI=1S/C22H29N5O3/c28-21-14-20(19-2-6-23-7-3-19)24-17-27(21)15-18-4-9-25(10-5-18)11-12-26-8-1-13-30-16-22(26)29/h2-3,6-7,14,17-18H,1,4-5,8-13,15-16H2. The molecule has 2 saturated heterocycles. The van der Waals surface area contributed by atoms with Gasteiger partial charge in [-0.2, -0.15) is 0 Å². The summed E-state index contributed by atoms with van der Waals surface area (Å²) in [7, 11) is 0. The number of hydrogen-bond donors (Lipinski definition) is 0. The third kappa shape index (κ3) is 5.31. The molecule has 2 fully saturated rings. The van der Waals surface area contributed by atoms with Gasteiger partial charge in [-0.05, 0) is 50.4 Å². The third-order valence-corrected chi connectivity index (χ3v) is 6.00. The average Bonchev–Trinajstić information content (AvgIpc) is 2.99. The number of carbonyl (C=O) groups excluding carboxylic acids is 1. The zero-order valence-corrected chi connectivity index (χ0v) is 17.3. The van der Waals surface area contributed by atoms with Crippen LogP contribution in [0.4, 0.5) is 0 Å². The van der Waals surface area contributed by atoms with Gasteiger partial charge >= 0.3 is 0 Å². The number of amides is 1. The van der Waals surface area contributed by atoms with E-state index in [4.69, 9.17) is 4.74 Å². The number of aromatic nitrogens is 3. The van der Waals surface area contributed by atoms with Gasteiger partial charge in [-0.1, -0.05) is 0 Å². The molecule has 0 unspecified atom stereocenters. The molecular formula is C22H29N5O3. The van der Waals surface area contributed by atoms with E-state index in [9.17, 15) is 9.59 Å². The van der Waals surface area contributed by atoms with E-state index in [1.54, 1.807) is 29.4 Å². The van der Waals surface area contributed by atoms with E-state index in [2.05, 4.69) is 14.9 Å². The zero-order valence-electron chi connectivity index (χ0n) is 17.3. The van der Waals surface area contributed by atoms with Crippen LogP contribution in [0.25, 0.3) is 11.3 Å². The summed E-state index contributed by atoms with van der Waals surface area (Å²) in [6.07, 6.45) is 8.08. The Hall–Kier alpha value is -2.58. The average molecular weight is 412 g/mol. The Morgan fingerprint density at radius 3 is 2.63 bits per heavy atom. The van der Waals surface area contributed by atoms with Gasteiger partial charge in [0.25, 0.3) is 5.56 Å². The fourth-order valence-corrected chi connectivity index (χ4v) is 4.15. The van der Waals surface area contributed by atoms with Gasteiger partial charge in [0, 0.05) is 56.8 Å². The molecule has 0 bridgehead atoms. The summed E-state index contributed by atoms with van der Waals surface area (Å²) < 4.78 is 7.02. The SMILES string of the molecule is O=C1COCCCN1CCN1CCC(Cn2cnc(-c3ccncc3)cc2=O)CC1. The Bertz CT molecular complexity index is 893. The number of rotatable bonds is 6. The summed E-state index contributed by atoms with van der Waals surface area (Å²) in [5, 5.41) is 0. The van der Waals surface area contributed by atoms with E-state index in [0.29, 0.717) is 24.8 Å². The van der Waals surface area contributed by atoms with E-state index in [1.165, 1.54) is 0 Å². The Morgan fingerprint density at radius 1 is 1.07 bits per heavy atom. The van der Waals surface area contributed by atoms with Crippen molar-refractivity contribution in [2.45, 2.75) is 25.8 Å². The highest BCUT2D eigenvalue weighted by atomic mass is 16.5. The Kier molecular flexibility index (Phi) is 6.86. The largest absolute Gasteiger partial charge is 0.372 e. The van der Waals surface area contributed by atoms with E-state index in [0.717, 1.165) is 57.5 Å². The molecule has 2 aromatic rings. The van der Waals surface area contributed by atoms with Crippen LogP contribution in [0.3, 0.4) is 0 Å².